The highest BCUT2D eigenvalue weighted by Gasteiger charge is 2.17. The van der Waals surface area contributed by atoms with E-state index in [0.29, 0.717) is 5.75 Å². The van der Waals surface area contributed by atoms with Crippen LogP contribution in [0.25, 0.3) is 11.0 Å². The van der Waals surface area contributed by atoms with Gasteiger partial charge in [-0.05, 0) is 37.5 Å². The topological polar surface area (TPSA) is 65.5 Å². The Morgan fingerprint density at radius 1 is 1.33 bits per heavy atom. The number of primary amides is 1. The molecule has 0 saturated heterocycles. The van der Waals surface area contributed by atoms with Gasteiger partial charge in [-0.25, -0.2) is 0 Å². The van der Waals surface area contributed by atoms with Crippen LogP contribution in [0.3, 0.4) is 0 Å². The summed E-state index contributed by atoms with van der Waals surface area (Å²) in [5.41, 5.74) is 7.25. The Hall–Kier alpha value is -1.97. The fourth-order valence-corrected chi connectivity index (χ4v) is 2.49. The van der Waals surface area contributed by atoms with Gasteiger partial charge >= 0.3 is 0 Å². The molecule has 1 amide bonds. The van der Waals surface area contributed by atoms with Crippen molar-refractivity contribution in [2.75, 3.05) is 6.61 Å². The van der Waals surface area contributed by atoms with Crippen molar-refractivity contribution in [1.82, 2.24) is 0 Å². The van der Waals surface area contributed by atoms with Crippen LogP contribution >= 0.6 is 0 Å². The van der Waals surface area contributed by atoms with Gasteiger partial charge in [0.2, 0.25) is 0 Å². The van der Waals surface area contributed by atoms with Crippen LogP contribution in [0, 0.1) is 0 Å². The van der Waals surface area contributed by atoms with Gasteiger partial charge < -0.3 is 14.9 Å². The molecule has 1 aromatic carbocycles. The number of nitrogens with two attached hydrogens (primary N) is 1. The summed E-state index contributed by atoms with van der Waals surface area (Å²) < 4.78 is 11.1. The number of hydrogen-bond acceptors (Lipinski definition) is 3. The fraction of sp³-hybridized carbons (Fsp3) is 0.357. The monoisotopic (exact) mass is 245 g/mol. The van der Waals surface area contributed by atoms with Gasteiger partial charge in [0.05, 0.1) is 0 Å². The van der Waals surface area contributed by atoms with Crippen molar-refractivity contribution in [3.05, 3.63) is 29.5 Å². The first-order chi connectivity index (χ1) is 8.74. The molecule has 0 radical (unpaired) electrons. The summed E-state index contributed by atoms with van der Waals surface area (Å²) in [6.07, 6.45) is 4.47. The lowest BCUT2D eigenvalue weighted by Gasteiger charge is -2.08. The van der Waals surface area contributed by atoms with Gasteiger partial charge in [-0.3, -0.25) is 4.79 Å². The van der Waals surface area contributed by atoms with Gasteiger partial charge in [0.25, 0.3) is 5.91 Å². The number of hydrogen-bond donors (Lipinski definition) is 1. The number of carbonyl (C=O) groups excluding carboxylic acids is 1. The molecule has 1 heterocycles. The molecule has 0 unspecified atom stereocenters. The van der Waals surface area contributed by atoms with Gasteiger partial charge in [0.15, 0.2) is 6.61 Å². The molecule has 0 aliphatic heterocycles. The van der Waals surface area contributed by atoms with Crippen molar-refractivity contribution >= 4 is 16.9 Å². The second kappa shape index (κ2) is 4.37. The molecule has 3 rings (SSSR count). The number of amides is 1. The van der Waals surface area contributed by atoms with E-state index in [4.69, 9.17) is 14.9 Å². The van der Waals surface area contributed by atoms with Gasteiger partial charge in [-0.15, -0.1) is 0 Å². The number of benzene rings is 1. The van der Waals surface area contributed by atoms with E-state index in [1.807, 2.05) is 12.1 Å². The maximum Gasteiger partial charge on any atom is 0.255 e. The van der Waals surface area contributed by atoms with Crippen LogP contribution in [0.15, 0.2) is 22.6 Å². The molecule has 0 atom stereocenters. The number of aryl methyl sites for hydroxylation is 2. The predicted octanol–water partition coefficient (Wildman–Crippen LogP) is 2.18. The summed E-state index contributed by atoms with van der Waals surface area (Å²) >= 11 is 0. The van der Waals surface area contributed by atoms with E-state index in [-0.39, 0.29) is 6.61 Å². The molecule has 4 nitrogen and oxygen atoms in total. The highest BCUT2D eigenvalue weighted by atomic mass is 16.5. The minimum absolute atomic E-state index is 0.0917. The third-order valence-corrected chi connectivity index (χ3v) is 3.31. The lowest BCUT2D eigenvalue weighted by Crippen LogP contribution is -2.19. The zero-order chi connectivity index (χ0) is 12.5. The highest BCUT2D eigenvalue weighted by molar-refractivity contribution is 5.84. The summed E-state index contributed by atoms with van der Waals surface area (Å²) in [4.78, 5) is 10.7. The molecule has 94 valence electrons. The van der Waals surface area contributed by atoms with E-state index in [1.54, 1.807) is 6.07 Å². The predicted molar refractivity (Wildman–Crippen MR) is 67.5 cm³/mol. The van der Waals surface area contributed by atoms with Gasteiger partial charge in [0, 0.05) is 17.4 Å². The Morgan fingerprint density at radius 2 is 2.17 bits per heavy atom. The van der Waals surface area contributed by atoms with Crippen molar-refractivity contribution in [1.29, 1.82) is 0 Å². The van der Waals surface area contributed by atoms with Crippen LogP contribution in [0.4, 0.5) is 0 Å². The summed E-state index contributed by atoms with van der Waals surface area (Å²) in [6, 6.07) is 5.64. The third kappa shape index (κ3) is 1.94. The molecule has 2 N–H and O–H groups in total. The third-order valence-electron chi connectivity index (χ3n) is 3.31. The first-order valence-corrected chi connectivity index (χ1v) is 6.19. The van der Waals surface area contributed by atoms with Crippen molar-refractivity contribution in [2.45, 2.75) is 25.7 Å². The van der Waals surface area contributed by atoms with Gasteiger partial charge in [-0.1, -0.05) is 0 Å². The minimum atomic E-state index is -0.468. The summed E-state index contributed by atoms with van der Waals surface area (Å²) in [5.74, 6) is 1.29. The average molecular weight is 245 g/mol. The molecule has 1 aliphatic rings. The Bertz CT molecular complexity index is 600. The smallest absolute Gasteiger partial charge is 0.255 e. The molecule has 18 heavy (non-hydrogen) atoms. The highest BCUT2D eigenvalue weighted by Crippen LogP contribution is 2.33. The molecule has 0 fully saturated rings. The van der Waals surface area contributed by atoms with Gasteiger partial charge in [0.1, 0.15) is 17.1 Å². The van der Waals surface area contributed by atoms with E-state index in [0.717, 1.165) is 29.6 Å². The second-order valence-electron chi connectivity index (χ2n) is 4.62. The van der Waals surface area contributed by atoms with Crippen LogP contribution in [0.2, 0.25) is 0 Å². The van der Waals surface area contributed by atoms with Crippen molar-refractivity contribution in [3.8, 4) is 5.75 Å². The SMILES string of the molecule is NC(=O)COc1ccc2oc3c(c2c1)CCCC3. The number of fused-ring (bicyclic) bond motifs is 3. The van der Waals surface area contributed by atoms with Crippen molar-refractivity contribution in [3.63, 3.8) is 0 Å². The normalized spacial score (nSPS) is 14.4. The lowest BCUT2D eigenvalue weighted by atomic mass is 9.96. The average Bonchev–Trinajstić information content (AvgIpc) is 2.74. The Morgan fingerprint density at radius 3 is 3.00 bits per heavy atom. The van der Waals surface area contributed by atoms with Crippen LogP contribution in [0.5, 0.6) is 5.75 Å². The van der Waals surface area contributed by atoms with E-state index < -0.39 is 5.91 Å². The second-order valence-corrected chi connectivity index (χ2v) is 4.62. The number of rotatable bonds is 3. The maximum atomic E-state index is 10.7. The quantitative estimate of drug-likeness (QED) is 0.901. The van der Waals surface area contributed by atoms with Crippen LogP contribution < -0.4 is 10.5 Å². The number of ether oxygens (including phenoxy) is 1. The largest absolute Gasteiger partial charge is 0.484 e. The molecular weight excluding hydrogens is 230 g/mol. The summed E-state index contributed by atoms with van der Waals surface area (Å²) in [7, 11) is 0. The van der Waals surface area contributed by atoms with Crippen LogP contribution in [-0.4, -0.2) is 12.5 Å². The summed E-state index contributed by atoms with van der Waals surface area (Å²) in [6.45, 7) is -0.0917. The van der Waals surface area contributed by atoms with E-state index in [1.165, 1.54) is 18.4 Å². The minimum Gasteiger partial charge on any atom is -0.484 e. The van der Waals surface area contributed by atoms with Crippen LogP contribution in [-0.2, 0) is 17.6 Å². The first kappa shape index (κ1) is 11.1. The van der Waals surface area contributed by atoms with Crippen molar-refractivity contribution < 1.29 is 13.9 Å². The Labute approximate surface area is 105 Å². The Balaban J connectivity index is 1.97. The van der Waals surface area contributed by atoms with Crippen LogP contribution in [0.1, 0.15) is 24.2 Å². The molecule has 2 aromatic rings. The molecule has 1 aromatic heterocycles. The molecular formula is C14H15NO3. The maximum absolute atomic E-state index is 10.7. The van der Waals surface area contributed by atoms with E-state index >= 15 is 0 Å². The number of furan rings is 1. The molecule has 1 aliphatic carbocycles. The molecule has 0 spiro atoms. The molecule has 0 saturated carbocycles. The molecule has 0 bridgehead atoms. The number of carbonyl (C=O) groups is 1. The summed E-state index contributed by atoms with van der Waals surface area (Å²) in [5, 5.41) is 1.10. The molecule has 4 heteroatoms. The van der Waals surface area contributed by atoms with Crippen molar-refractivity contribution in [2.24, 2.45) is 5.73 Å². The zero-order valence-corrected chi connectivity index (χ0v) is 10.1. The first-order valence-electron chi connectivity index (χ1n) is 6.19. The fourth-order valence-electron chi connectivity index (χ4n) is 2.49. The standard InChI is InChI=1S/C14H15NO3/c15-14(16)8-17-9-5-6-13-11(7-9)10-3-1-2-4-12(10)18-13/h5-7H,1-4,8H2,(H2,15,16). The Kier molecular flexibility index (Phi) is 2.70. The van der Waals surface area contributed by atoms with E-state index in [2.05, 4.69) is 0 Å². The lowest BCUT2D eigenvalue weighted by molar-refractivity contribution is -0.119. The zero-order valence-electron chi connectivity index (χ0n) is 10.1. The van der Waals surface area contributed by atoms with E-state index in [9.17, 15) is 4.79 Å². The van der Waals surface area contributed by atoms with Gasteiger partial charge in [-0.2, -0.15) is 0 Å².